The van der Waals surface area contributed by atoms with Crippen molar-refractivity contribution in [2.24, 2.45) is 0 Å². The minimum atomic E-state index is -0.393. The average Bonchev–Trinajstić information content (AvgIpc) is 2.89. The number of thiazole rings is 1. The van der Waals surface area contributed by atoms with E-state index >= 15 is 0 Å². The summed E-state index contributed by atoms with van der Waals surface area (Å²) in [6, 6.07) is 7.11. The number of benzene rings is 1. The summed E-state index contributed by atoms with van der Waals surface area (Å²) in [5.41, 5.74) is 0.942. The van der Waals surface area contributed by atoms with E-state index in [9.17, 15) is 14.0 Å². The van der Waals surface area contributed by atoms with Crippen LogP contribution in [0.1, 0.15) is 21.2 Å². The van der Waals surface area contributed by atoms with Crippen molar-refractivity contribution in [3.05, 3.63) is 62.9 Å². The fraction of sp³-hybridized carbons (Fsp3) is 0.125. The molecule has 0 aliphatic rings. The van der Waals surface area contributed by atoms with Crippen molar-refractivity contribution in [3.8, 4) is 10.6 Å². The van der Waals surface area contributed by atoms with Crippen LogP contribution in [0.5, 0.6) is 0 Å². The molecular formula is C16H13FN4O2S. The Hall–Kier alpha value is -2.87. The molecule has 2 heterocycles. The minimum Gasteiger partial charge on any atom is -0.311 e. The number of anilines is 1. The van der Waals surface area contributed by atoms with Gasteiger partial charge in [0.25, 0.3) is 11.5 Å². The molecule has 0 saturated carbocycles. The normalized spacial score (nSPS) is 10.6. The highest BCUT2D eigenvalue weighted by Crippen LogP contribution is 2.28. The van der Waals surface area contributed by atoms with Gasteiger partial charge in [0.05, 0.1) is 5.69 Å². The molecule has 0 saturated heterocycles. The van der Waals surface area contributed by atoms with Crippen molar-refractivity contribution in [3.63, 3.8) is 0 Å². The van der Waals surface area contributed by atoms with Crippen LogP contribution in [0.15, 0.2) is 35.1 Å². The van der Waals surface area contributed by atoms with Gasteiger partial charge < -0.3 is 10.3 Å². The third-order valence-corrected chi connectivity index (χ3v) is 4.40. The van der Waals surface area contributed by atoms with E-state index in [0.29, 0.717) is 21.4 Å². The topological polar surface area (TPSA) is 87.7 Å². The molecule has 2 aromatic heterocycles. The minimum absolute atomic E-state index is 0.178. The van der Waals surface area contributed by atoms with E-state index in [-0.39, 0.29) is 17.2 Å². The van der Waals surface area contributed by atoms with Gasteiger partial charge in [-0.2, -0.15) is 0 Å². The Kier molecular flexibility index (Phi) is 4.22. The number of hydrogen-bond donors (Lipinski definition) is 2. The fourth-order valence-electron chi connectivity index (χ4n) is 2.14. The highest BCUT2D eigenvalue weighted by atomic mass is 32.1. The van der Waals surface area contributed by atoms with Crippen molar-refractivity contribution in [1.82, 2.24) is 15.0 Å². The first-order valence-electron chi connectivity index (χ1n) is 7.05. The molecule has 0 aliphatic carbocycles. The lowest BCUT2D eigenvalue weighted by atomic mass is 10.2. The molecule has 1 aromatic carbocycles. The molecule has 3 aromatic rings. The van der Waals surface area contributed by atoms with Gasteiger partial charge in [-0.05, 0) is 38.1 Å². The molecule has 24 heavy (non-hydrogen) atoms. The molecule has 8 heteroatoms. The monoisotopic (exact) mass is 344 g/mol. The van der Waals surface area contributed by atoms with Gasteiger partial charge in [-0.1, -0.05) is 0 Å². The first-order valence-corrected chi connectivity index (χ1v) is 7.87. The SMILES string of the molecule is Cc1nc(NC(=O)c2sc(-c3ccc(F)cc3)nc2C)cc(=O)[nH]1. The van der Waals surface area contributed by atoms with Gasteiger partial charge in [0.2, 0.25) is 0 Å². The Morgan fingerprint density at radius 3 is 2.58 bits per heavy atom. The van der Waals surface area contributed by atoms with Crippen molar-refractivity contribution in [2.75, 3.05) is 5.32 Å². The number of rotatable bonds is 3. The largest absolute Gasteiger partial charge is 0.311 e. The van der Waals surface area contributed by atoms with Crippen molar-refractivity contribution >= 4 is 23.1 Å². The molecule has 2 N–H and O–H groups in total. The van der Waals surface area contributed by atoms with Gasteiger partial charge in [-0.3, -0.25) is 9.59 Å². The number of nitrogens with one attached hydrogen (secondary N) is 2. The molecule has 0 radical (unpaired) electrons. The van der Waals surface area contributed by atoms with Gasteiger partial charge in [0.15, 0.2) is 0 Å². The number of aromatic amines is 1. The van der Waals surface area contributed by atoms with Crippen LogP contribution in [0, 0.1) is 19.7 Å². The zero-order valence-electron chi connectivity index (χ0n) is 12.9. The molecule has 0 fully saturated rings. The van der Waals surface area contributed by atoms with Gasteiger partial charge in [0.1, 0.15) is 27.3 Å². The molecule has 3 rings (SSSR count). The number of hydrogen-bond acceptors (Lipinski definition) is 5. The Morgan fingerprint density at radius 1 is 1.21 bits per heavy atom. The molecule has 122 valence electrons. The molecule has 0 unspecified atom stereocenters. The second-order valence-corrected chi connectivity index (χ2v) is 6.11. The van der Waals surface area contributed by atoms with E-state index in [0.717, 1.165) is 5.56 Å². The number of halogens is 1. The van der Waals surface area contributed by atoms with Crippen molar-refractivity contribution in [2.45, 2.75) is 13.8 Å². The Morgan fingerprint density at radius 2 is 1.92 bits per heavy atom. The lowest BCUT2D eigenvalue weighted by molar-refractivity contribution is 0.102. The summed E-state index contributed by atoms with van der Waals surface area (Å²) in [5, 5.41) is 3.21. The number of amides is 1. The molecule has 0 aliphatic heterocycles. The van der Waals surface area contributed by atoms with Gasteiger partial charge >= 0.3 is 0 Å². The molecule has 1 amide bonds. The van der Waals surface area contributed by atoms with Gasteiger partial charge in [-0.15, -0.1) is 11.3 Å². The molecule has 6 nitrogen and oxygen atoms in total. The molecule has 0 atom stereocenters. The molecule has 0 bridgehead atoms. The predicted octanol–water partition coefficient (Wildman–Crippen LogP) is 2.90. The summed E-state index contributed by atoms with van der Waals surface area (Å²) in [6.07, 6.45) is 0. The van der Waals surface area contributed by atoms with E-state index in [4.69, 9.17) is 0 Å². The summed E-state index contributed by atoms with van der Waals surface area (Å²) >= 11 is 1.19. The fourth-order valence-corrected chi connectivity index (χ4v) is 3.11. The smallest absolute Gasteiger partial charge is 0.268 e. The van der Waals surface area contributed by atoms with Gasteiger partial charge in [-0.25, -0.2) is 14.4 Å². The third kappa shape index (κ3) is 3.38. The zero-order chi connectivity index (χ0) is 17.3. The maximum absolute atomic E-state index is 13.0. The molecule has 0 spiro atoms. The van der Waals surface area contributed by atoms with Crippen LogP contribution in [0.3, 0.4) is 0 Å². The van der Waals surface area contributed by atoms with Crippen LogP contribution in [-0.2, 0) is 0 Å². The summed E-state index contributed by atoms with van der Waals surface area (Å²) in [5.74, 6) is -0.139. The van der Waals surface area contributed by atoms with Crippen LogP contribution in [0.25, 0.3) is 10.6 Å². The Bertz CT molecular complexity index is 963. The number of carbonyl (C=O) groups excluding carboxylic acids is 1. The number of nitrogens with zero attached hydrogens (tertiary/aromatic N) is 2. The maximum atomic E-state index is 13.0. The summed E-state index contributed by atoms with van der Waals surface area (Å²) in [4.78, 5) is 35.2. The van der Waals surface area contributed by atoms with Crippen LogP contribution < -0.4 is 10.9 Å². The summed E-state index contributed by atoms with van der Waals surface area (Å²) in [7, 11) is 0. The maximum Gasteiger partial charge on any atom is 0.268 e. The van der Waals surface area contributed by atoms with E-state index < -0.39 is 5.91 Å². The van der Waals surface area contributed by atoms with Crippen molar-refractivity contribution in [1.29, 1.82) is 0 Å². The predicted molar refractivity (Wildman–Crippen MR) is 89.8 cm³/mol. The van der Waals surface area contributed by atoms with Gasteiger partial charge in [0, 0.05) is 11.6 Å². The number of aryl methyl sites for hydroxylation is 2. The zero-order valence-corrected chi connectivity index (χ0v) is 13.7. The van der Waals surface area contributed by atoms with E-state index in [2.05, 4.69) is 20.3 Å². The number of carbonyl (C=O) groups is 1. The lowest BCUT2D eigenvalue weighted by Crippen LogP contribution is -2.17. The molecular weight excluding hydrogens is 331 g/mol. The Balaban J connectivity index is 1.88. The number of H-pyrrole nitrogens is 1. The first-order chi connectivity index (χ1) is 11.4. The highest BCUT2D eigenvalue weighted by molar-refractivity contribution is 7.17. The van der Waals surface area contributed by atoms with Crippen LogP contribution in [0.4, 0.5) is 10.2 Å². The standard InChI is InChI=1S/C16H13FN4O2S/c1-8-14(15(23)21-12-7-13(22)20-9(2)19-12)24-16(18-8)10-3-5-11(17)6-4-10/h3-7H,1-2H3,(H2,19,20,21,22,23). The average molecular weight is 344 g/mol. The third-order valence-electron chi connectivity index (χ3n) is 3.20. The van der Waals surface area contributed by atoms with Crippen LogP contribution in [-0.4, -0.2) is 20.9 Å². The highest BCUT2D eigenvalue weighted by Gasteiger charge is 2.17. The lowest BCUT2D eigenvalue weighted by Gasteiger charge is -2.03. The number of aromatic nitrogens is 3. The summed E-state index contributed by atoms with van der Waals surface area (Å²) < 4.78 is 13.0. The Labute approximate surface area is 140 Å². The quantitative estimate of drug-likeness (QED) is 0.765. The first kappa shape index (κ1) is 16.0. The van der Waals surface area contributed by atoms with E-state index in [1.807, 2.05) is 0 Å². The van der Waals surface area contributed by atoms with Crippen molar-refractivity contribution < 1.29 is 9.18 Å². The van der Waals surface area contributed by atoms with Crippen LogP contribution >= 0.6 is 11.3 Å². The van der Waals surface area contributed by atoms with E-state index in [1.54, 1.807) is 26.0 Å². The van der Waals surface area contributed by atoms with E-state index in [1.165, 1.54) is 29.5 Å². The van der Waals surface area contributed by atoms with Crippen LogP contribution in [0.2, 0.25) is 0 Å². The second-order valence-electron chi connectivity index (χ2n) is 5.11. The second kappa shape index (κ2) is 6.32. The summed E-state index contributed by atoms with van der Waals surface area (Å²) in [6.45, 7) is 3.34.